The van der Waals surface area contributed by atoms with Gasteiger partial charge in [0.25, 0.3) is 0 Å². The lowest BCUT2D eigenvalue weighted by molar-refractivity contribution is -0.116. The quantitative estimate of drug-likeness (QED) is 0.355. The van der Waals surface area contributed by atoms with E-state index in [0.717, 1.165) is 27.8 Å². The molecule has 0 saturated heterocycles. The van der Waals surface area contributed by atoms with E-state index < -0.39 is 0 Å². The standard InChI is InChI=1S/C21H21ClN6O.2ClH/c1-13-4-2-5-15(22)20(13)27-21-18-11-24-12-28(18)17-8-7-14(10-16(17)26-21)25-19(29)6-3-9-23;;/h2,4-5,7-8,10-12H,3,6,9,23H2,1H3,(H,25,29)(H,26,27);2*1H. The number of fused-ring (bicyclic) bond motifs is 3. The summed E-state index contributed by atoms with van der Waals surface area (Å²) in [5.41, 5.74) is 10.4. The highest BCUT2D eigenvalue weighted by molar-refractivity contribution is 6.33. The normalized spacial score (nSPS) is 10.4. The molecule has 4 N–H and O–H groups in total. The first-order valence-electron chi connectivity index (χ1n) is 9.34. The smallest absolute Gasteiger partial charge is 0.224 e. The van der Waals surface area contributed by atoms with Crippen molar-refractivity contribution in [1.29, 1.82) is 0 Å². The lowest BCUT2D eigenvalue weighted by Crippen LogP contribution is -2.13. The zero-order chi connectivity index (χ0) is 20.4. The minimum atomic E-state index is -0.0662. The summed E-state index contributed by atoms with van der Waals surface area (Å²) < 4.78 is 1.96. The Hall–Kier alpha value is -2.58. The van der Waals surface area contributed by atoms with Crippen molar-refractivity contribution in [3.63, 3.8) is 0 Å². The Morgan fingerprint density at radius 1 is 1.19 bits per heavy atom. The van der Waals surface area contributed by atoms with E-state index in [1.807, 2.05) is 47.7 Å². The summed E-state index contributed by atoms with van der Waals surface area (Å²) >= 11 is 6.38. The van der Waals surface area contributed by atoms with E-state index in [0.29, 0.717) is 35.9 Å². The first-order valence-corrected chi connectivity index (χ1v) is 9.72. The van der Waals surface area contributed by atoms with Gasteiger partial charge >= 0.3 is 0 Å². The second-order valence-corrected chi connectivity index (χ2v) is 7.22. The van der Waals surface area contributed by atoms with E-state index in [4.69, 9.17) is 22.3 Å². The molecule has 1 amide bonds. The molecule has 0 aliphatic rings. The summed E-state index contributed by atoms with van der Waals surface area (Å²) in [6.07, 6.45) is 4.53. The van der Waals surface area contributed by atoms with Crippen LogP contribution in [0.25, 0.3) is 16.6 Å². The van der Waals surface area contributed by atoms with Gasteiger partial charge in [-0.1, -0.05) is 23.7 Å². The van der Waals surface area contributed by atoms with Crippen molar-refractivity contribution < 1.29 is 4.79 Å². The van der Waals surface area contributed by atoms with Crippen molar-refractivity contribution in [2.75, 3.05) is 17.2 Å². The molecular weight excluding hydrogens is 459 g/mol. The van der Waals surface area contributed by atoms with Crippen molar-refractivity contribution >= 4 is 76.1 Å². The van der Waals surface area contributed by atoms with E-state index in [2.05, 4.69) is 15.6 Å². The van der Waals surface area contributed by atoms with Crippen molar-refractivity contribution in [2.24, 2.45) is 5.73 Å². The fourth-order valence-corrected chi connectivity index (χ4v) is 3.49. The maximum absolute atomic E-state index is 12.0. The van der Waals surface area contributed by atoms with Gasteiger partial charge in [0.05, 0.1) is 34.3 Å². The number of halogens is 3. The third-order valence-corrected chi connectivity index (χ3v) is 5.02. The van der Waals surface area contributed by atoms with Crippen molar-refractivity contribution in [1.82, 2.24) is 14.4 Å². The number of aromatic nitrogens is 3. The maximum atomic E-state index is 12.0. The predicted octanol–water partition coefficient (Wildman–Crippen LogP) is 5.11. The van der Waals surface area contributed by atoms with Gasteiger partial charge in [0.1, 0.15) is 5.52 Å². The Labute approximate surface area is 197 Å². The monoisotopic (exact) mass is 480 g/mol. The van der Waals surface area contributed by atoms with Crippen LogP contribution in [0.4, 0.5) is 17.2 Å². The molecule has 0 unspecified atom stereocenters. The summed E-state index contributed by atoms with van der Waals surface area (Å²) in [6, 6.07) is 11.3. The van der Waals surface area contributed by atoms with Crippen molar-refractivity contribution in [3.8, 4) is 0 Å². The number of hydrogen-bond acceptors (Lipinski definition) is 5. The molecular formula is C21H23Cl3N6O. The molecule has 0 aliphatic heterocycles. The molecule has 2 aromatic carbocycles. The number of rotatable bonds is 6. The van der Waals surface area contributed by atoms with Gasteiger partial charge in [-0.25, -0.2) is 9.97 Å². The molecule has 4 aromatic rings. The number of aryl methyl sites for hydroxylation is 1. The molecule has 0 spiro atoms. The average Bonchev–Trinajstić information content (AvgIpc) is 3.19. The van der Waals surface area contributed by atoms with E-state index in [-0.39, 0.29) is 30.7 Å². The van der Waals surface area contributed by atoms with Crippen LogP contribution in [-0.4, -0.2) is 26.8 Å². The number of benzene rings is 2. The van der Waals surface area contributed by atoms with Crippen LogP contribution in [0.2, 0.25) is 5.02 Å². The van der Waals surface area contributed by atoms with Crippen molar-refractivity contribution in [2.45, 2.75) is 19.8 Å². The minimum Gasteiger partial charge on any atom is -0.337 e. The molecule has 0 fully saturated rings. The molecule has 164 valence electrons. The van der Waals surface area contributed by atoms with Crippen LogP contribution in [0.5, 0.6) is 0 Å². The van der Waals surface area contributed by atoms with Crippen LogP contribution in [0.15, 0.2) is 48.9 Å². The average molecular weight is 482 g/mol. The van der Waals surface area contributed by atoms with E-state index in [9.17, 15) is 4.79 Å². The molecule has 10 heteroatoms. The summed E-state index contributed by atoms with van der Waals surface area (Å²) in [4.78, 5) is 21.1. The first-order chi connectivity index (χ1) is 14.1. The fraction of sp³-hybridized carbons (Fsp3) is 0.190. The second-order valence-electron chi connectivity index (χ2n) is 6.81. The molecule has 31 heavy (non-hydrogen) atoms. The third kappa shape index (κ3) is 5.19. The highest BCUT2D eigenvalue weighted by atomic mass is 35.5. The van der Waals surface area contributed by atoms with Gasteiger partial charge in [-0.05, 0) is 49.7 Å². The Morgan fingerprint density at radius 2 is 2.00 bits per heavy atom. The number of hydrogen-bond donors (Lipinski definition) is 3. The van der Waals surface area contributed by atoms with Gasteiger partial charge in [-0.15, -0.1) is 24.8 Å². The molecule has 0 aliphatic carbocycles. The maximum Gasteiger partial charge on any atom is 0.224 e. The number of carbonyl (C=O) groups is 1. The van der Waals surface area contributed by atoms with Crippen LogP contribution < -0.4 is 16.4 Å². The van der Waals surface area contributed by atoms with Crippen LogP contribution in [0, 0.1) is 6.92 Å². The van der Waals surface area contributed by atoms with Gasteiger partial charge < -0.3 is 16.4 Å². The topological polar surface area (TPSA) is 97.3 Å². The molecule has 2 heterocycles. The number of nitrogens with zero attached hydrogens (tertiary/aromatic N) is 3. The SMILES string of the molecule is Cc1cccc(Cl)c1Nc1nc2cc(NC(=O)CCCN)ccc2n2cncc12.Cl.Cl. The van der Waals surface area contributed by atoms with E-state index in [1.165, 1.54) is 0 Å². The van der Waals surface area contributed by atoms with E-state index >= 15 is 0 Å². The van der Waals surface area contributed by atoms with Gasteiger partial charge in [-0.3, -0.25) is 9.20 Å². The summed E-state index contributed by atoms with van der Waals surface area (Å²) in [6.45, 7) is 2.47. The zero-order valence-corrected chi connectivity index (χ0v) is 19.2. The van der Waals surface area contributed by atoms with Gasteiger partial charge in [0.15, 0.2) is 5.82 Å². The molecule has 0 saturated carbocycles. The van der Waals surface area contributed by atoms with Gasteiger partial charge in [0.2, 0.25) is 5.91 Å². The Bertz CT molecular complexity index is 1190. The van der Waals surface area contributed by atoms with Crippen LogP contribution in [0.1, 0.15) is 18.4 Å². The highest BCUT2D eigenvalue weighted by Crippen LogP contribution is 2.31. The molecule has 0 radical (unpaired) electrons. The summed E-state index contributed by atoms with van der Waals surface area (Å²) in [7, 11) is 0. The van der Waals surface area contributed by atoms with Gasteiger partial charge in [-0.2, -0.15) is 0 Å². The van der Waals surface area contributed by atoms with E-state index in [1.54, 1.807) is 12.5 Å². The highest BCUT2D eigenvalue weighted by Gasteiger charge is 2.13. The number of anilines is 3. The Morgan fingerprint density at radius 3 is 2.74 bits per heavy atom. The number of nitrogens with two attached hydrogens (primary N) is 1. The molecule has 7 nitrogen and oxygen atoms in total. The summed E-state index contributed by atoms with van der Waals surface area (Å²) in [5.74, 6) is 0.571. The molecule has 4 rings (SSSR count). The molecule has 2 aromatic heterocycles. The Balaban J connectivity index is 0.00000171. The number of carbonyl (C=O) groups excluding carboxylic acids is 1. The van der Waals surface area contributed by atoms with Crippen LogP contribution >= 0.6 is 36.4 Å². The largest absolute Gasteiger partial charge is 0.337 e. The molecule has 0 atom stereocenters. The lowest BCUT2D eigenvalue weighted by Gasteiger charge is -2.14. The van der Waals surface area contributed by atoms with Crippen LogP contribution in [-0.2, 0) is 4.79 Å². The van der Waals surface area contributed by atoms with Crippen molar-refractivity contribution in [3.05, 3.63) is 59.5 Å². The fourth-order valence-electron chi connectivity index (χ4n) is 3.22. The molecule has 0 bridgehead atoms. The zero-order valence-electron chi connectivity index (χ0n) is 16.8. The number of nitrogens with one attached hydrogen (secondary N) is 2. The predicted molar refractivity (Wildman–Crippen MR) is 131 cm³/mol. The van der Waals surface area contributed by atoms with Crippen LogP contribution in [0.3, 0.4) is 0 Å². The number of amides is 1. The van der Waals surface area contributed by atoms with Gasteiger partial charge in [0, 0.05) is 12.1 Å². The first kappa shape index (κ1) is 24.7. The Kier molecular flexibility index (Phi) is 8.47. The number of para-hydroxylation sites is 1. The lowest BCUT2D eigenvalue weighted by atomic mass is 10.2. The second kappa shape index (κ2) is 10.6. The number of imidazole rings is 1. The third-order valence-electron chi connectivity index (χ3n) is 4.71. The summed E-state index contributed by atoms with van der Waals surface area (Å²) in [5, 5.41) is 6.86. The minimum absolute atomic E-state index is 0.